The number of ether oxygens (including phenoxy) is 2. The summed E-state index contributed by atoms with van der Waals surface area (Å²) in [5, 5.41) is 8.45. The summed E-state index contributed by atoms with van der Waals surface area (Å²) in [6.45, 7) is 1.14. The summed E-state index contributed by atoms with van der Waals surface area (Å²) in [4.78, 5) is 10.4. The molecular weight excluding hydrogens is 286 g/mol. The highest BCUT2D eigenvalue weighted by Crippen LogP contribution is 2.30. The smallest absolute Gasteiger partial charge is 0.320 e. The summed E-state index contributed by atoms with van der Waals surface area (Å²) in [7, 11) is -3.77. The van der Waals surface area contributed by atoms with Crippen LogP contribution in [0.3, 0.4) is 0 Å². The van der Waals surface area contributed by atoms with Crippen molar-refractivity contribution in [2.45, 2.75) is 6.42 Å². The first-order valence-electron chi connectivity index (χ1n) is 6.04. The number of carboxylic acid groups (broad SMARTS) is 1. The van der Waals surface area contributed by atoms with E-state index in [1.165, 1.54) is 0 Å². The molecule has 0 spiro atoms. The lowest BCUT2D eigenvalue weighted by Crippen LogP contribution is -2.31. The molecule has 2 rings (SSSR count). The molecule has 110 valence electrons. The van der Waals surface area contributed by atoms with Crippen LogP contribution >= 0.6 is 0 Å². The van der Waals surface area contributed by atoms with Crippen LogP contribution in [0.5, 0.6) is 11.5 Å². The van der Waals surface area contributed by atoms with Crippen molar-refractivity contribution in [3.8, 4) is 11.5 Å². The van der Waals surface area contributed by atoms with Crippen molar-refractivity contribution in [1.29, 1.82) is 0 Å². The molecule has 0 aromatic heterocycles. The van der Waals surface area contributed by atoms with Crippen molar-refractivity contribution in [1.82, 2.24) is 4.72 Å². The van der Waals surface area contributed by atoms with Gasteiger partial charge in [-0.2, -0.15) is 0 Å². The third kappa shape index (κ3) is 4.10. The minimum atomic E-state index is -3.77. The van der Waals surface area contributed by atoms with Crippen LogP contribution in [0.1, 0.15) is 5.56 Å². The molecule has 0 fully saturated rings. The fraction of sp³-hybridized carbons (Fsp3) is 0.417. The molecular formula is C12H15NO6S. The van der Waals surface area contributed by atoms with Gasteiger partial charge in [-0.1, -0.05) is 6.07 Å². The lowest BCUT2D eigenvalue weighted by molar-refractivity contribution is -0.134. The second-order valence-corrected chi connectivity index (χ2v) is 6.08. The lowest BCUT2D eigenvalue weighted by Gasteiger charge is -2.18. The summed E-state index contributed by atoms with van der Waals surface area (Å²) in [6, 6.07) is 5.38. The molecule has 0 bridgehead atoms. The van der Waals surface area contributed by atoms with E-state index in [1.54, 1.807) is 12.1 Å². The zero-order valence-corrected chi connectivity index (χ0v) is 11.5. The number of carboxylic acids is 1. The minimum Gasteiger partial charge on any atom is -0.486 e. The predicted octanol–water partition coefficient (Wildman–Crippen LogP) is 0.00430. The first-order chi connectivity index (χ1) is 9.46. The Kier molecular flexibility index (Phi) is 4.46. The Balaban J connectivity index is 1.90. The summed E-state index contributed by atoms with van der Waals surface area (Å²) >= 11 is 0. The molecule has 0 radical (unpaired) electrons. The van der Waals surface area contributed by atoms with Gasteiger partial charge < -0.3 is 14.6 Å². The zero-order chi connectivity index (χ0) is 14.6. The lowest BCUT2D eigenvalue weighted by atomic mass is 10.1. The van der Waals surface area contributed by atoms with Gasteiger partial charge in [0.25, 0.3) is 0 Å². The van der Waals surface area contributed by atoms with Crippen LogP contribution < -0.4 is 14.2 Å². The molecule has 8 heteroatoms. The molecule has 20 heavy (non-hydrogen) atoms. The first-order valence-corrected chi connectivity index (χ1v) is 7.69. The molecule has 0 amide bonds. The van der Waals surface area contributed by atoms with E-state index >= 15 is 0 Å². The van der Waals surface area contributed by atoms with Crippen LogP contribution in [-0.2, 0) is 21.2 Å². The monoisotopic (exact) mass is 301 g/mol. The Hall–Kier alpha value is -1.80. The molecule has 1 aliphatic heterocycles. The summed E-state index contributed by atoms with van der Waals surface area (Å²) in [5.41, 5.74) is 0.882. The minimum absolute atomic E-state index is 0.134. The van der Waals surface area contributed by atoms with Crippen molar-refractivity contribution in [3.05, 3.63) is 23.8 Å². The molecule has 2 N–H and O–H groups in total. The highest BCUT2D eigenvalue weighted by Gasteiger charge is 2.15. The fourth-order valence-corrected chi connectivity index (χ4v) is 2.65. The van der Waals surface area contributed by atoms with Crippen LogP contribution in [0.25, 0.3) is 0 Å². The van der Waals surface area contributed by atoms with E-state index in [0.29, 0.717) is 31.1 Å². The number of fused-ring (bicyclic) bond motifs is 1. The van der Waals surface area contributed by atoms with Gasteiger partial charge in [0.2, 0.25) is 10.0 Å². The Morgan fingerprint density at radius 1 is 1.25 bits per heavy atom. The van der Waals surface area contributed by atoms with E-state index in [4.69, 9.17) is 14.6 Å². The van der Waals surface area contributed by atoms with Crippen molar-refractivity contribution < 1.29 is 27.8 Å². The highest BCUT2D eigenvalue weighted by atomic mass is 32.2. The van der Waals surface area contributed by atoms with Gasteiger partial charge in [0, 0.05) is 6.54 Å². The first kappa shape index (κ1) is 14.6. The van der Waals surface area contributed by atoms with Gasteiger partial charge in [-0.25, -0.2) is 13.1 Å². The van der Waals surface area contributed by atoms with Crippen LogP contribution in [0.15, 0.2) is 18.2 Å². The quantitative estimate of drug-likeness (QED) is 0.767. The molecule has 0 atom stereocenters. The van der Waals surface area contributed by atoms with Crippen LogP contribution in [0, 0.1) is 0 Å². The molecule has 0 unspecified atom stereocenters. The maximum absolute atomic E-state index is 11.3. The number of nitrogens with one attached hydrogen (secondary N) is 1. The van der Waals surface area contributed by atoms with Gasteiger partial charge in [0.1, 0.15) is 13.2 Å². The van der Waals surface area contributed by atoms with E-state index in [0.717, 1.165) is 5.56 Å². The topological polar surface area (TPSA) is 102 Å². The van der Waals surface area contributed by atoms with Gasteiger partial charge in [0.15, 0.2) is 17.3 Å². The largest absolute Gasteiger partial charge is 0.486 e. The second-order valence-electron chi connectivity index (χ2n) is 4.28. The normalized spacial score (nSPS) is 14.0. The Morgan fingerprint density at radius 3 is 2.65 bits per heavy atom. The Morgan fingerprint density at radius 2 is 1.95 bits per heavy atom. The number of hydrogen-bond acceptors (Lipinski definition) is 5. The maximum atomic E-state index is 11.3. The summed E-state index contributed by atoms with van der Waals surface area (Å²) in [5.74, 6) is -0.987. The molecule has 0 saturated carbocycles. The fourth-order valence-electron chi connectivity index (χ4n) is 1.81. The van der Waals surface area contributed by atoms with Gasteiger partial charge in [-0.15, -0.1) is 0 Å². The SMILES string of the molecule is O=C(O)CS(=O)(=O)NCCc1ccc2c(c1)OCCO2. The van der Waals surface area contributed by atoms with Crippen molar-refractivity contribution >= 4 is 16.0 Å². The zero-order valence-electron chi connectivity index (χ0n) is 10.7. The van der Waals surface area contributed by atoms with Crippen molar-refractivity contribution in [2.75, 3.05) is 25.5 Å². The van der Waals surface area contributed by atoms with E-state index in [-0.39, 0.29) is 6.54 Å². The molecule has 1 aromatic rings. The Bertz CT molecular complexity index is 598. The van der Waals surface area contributed by atoms with Crippen LogP contribution in [0.4, 0.5) is 0 Å². The van der Waals surface area contributed by atoms with Gasteiger partial charge in [-0.3, -0.25) is 4.79 Å². The van der Waals surface area contributed by atoms with Crippen molar-refractivity contribution in [2.24, 2.45) is 0 Å². The van der Waals surface area contributed by atoms with Crippen LogP contribution in [0.2, 0.25) is 0 Å². The highest BCUT2D eigenvalue weighted by molar-refractivity contribution is 7.90. The number of rotatable bonds is 6. The van der Waals surface area contributed by atoms with Crippen LogP contribution in [-0.4, -0.2) is 45.0 Å². The average Bonchev–Trinajstić information content (AvgIpc) is 2.37. The number of carbonyl (C=O) groups is 1. The number of aliphatic carboxylic acids is 1. The molecule has 1 aromatic carbocycles. The summed E-state index contributed by atoms with van der Waals surface area (Å²) in [6.07, 6.45) is 0.440. The summed E-state index contributed by atoms with van der Waals surface area (Å²) < 4.78 is 35.7. The van der Waals surface area contributed by atoms with E-state index in [2.05, 4.69) is 4.72 Å². The predicted molar refractivity (Wildman–Crippen MR) is 70.6 cm³/mol. The number of hydrogen-bond donors (Lipinski definition) is 2. The van der Waals surface area contributed by atoms with Crippen molar-refractivity contribution in [3.63, 3.8) is 0 Å². The third-order valence-electron chi connectivity index (χ3n) is 2.66. The van der Waals surface area contributed by atoms with Gasteiger partial charge in [0.05, 0.1) is 0 Å². The Labute approximate surface area is 116 Å². The maximum Gasteiger partial charge on any atom is 0.320 e. The van der Waals surface area contributed by atoms with E-state index in [1.807, 2.05) is 6.07 Å². The van der Waals surface area contributed by atoms with E-state index in [9.17, 15) is 13.2 Å². The molecule has 1 heterocycles. The third-order valence-corrected chi connectivity index (χ3v) is 3.93. The molecule has 0 aliphatic carbocycles. The van der Waals surface area contributed by atoms with E-state index < -0.39 is 21.7 Å². The number of benzene rings is 1. The number of sulfonamides is 1. The molecule has 1 aliphatic rings. The molecule has 0 saturated heterocycles. The molecule has 7 nitrogen and oxygen atoms in total. The average molecular weight is 301 g/mol. The standard InChI is InChI=1S/C12H15NO6S/c14-12(15)8-20(16,17)13-4-3-9-1-2-10-11(7-9)19-6-5-18-10/h1-2,7,13H,3-6,8H2,(H,14,15). The van der Waals surface area contributed by atoms with Gasteiger partial charge >= 0.3 is 5.97 Å². The van der Waals surface area contributed by atoms with Gasteiger partial charge in [-0.05, 0) is 24.1 Å². The second kappa shape index (κ2) is 6.10.